The number of ether oxygens (including phenoxy) is 2. The van der Waals surface area contributed by atoms with Gasteiger partial charge in [0, 0.05) is 29.7 Å². The molecule has 0 radical (unpaired) electrons. The van der Waals surface area contributed by atoms with Gasteiger partial charge in [-0.2, -0.15) is 5.26 Å². The molecule has 0 spiro atoms. The van der Waals surface area contributed by atoms with Crippen molar-refractivity contribution in [3.05, 3.63) is 77.3 Å². The zero-order valence-corrected chi connectivity index (χ0v) is 19.2. The summed E-state index contributed by atoms with van der Waals surface area (Å²) in [4.78, 5) is 25.7. The summed E-state index contributed by atoms with van der Waals surface area (Å²) in [5, 5.41) is 12.5. The second-order valence-electron chi connectivity index (χ2n) is 7.60. The summed E-state index contributed by atoms with van der Waals surface area (Å²) in [6, 6.07) is 9.02. The van der Waals surface area contributed by atoms with E-state index in [0.717, 1.165) is 29.3 Å². The van der Waals surface area contributed by atoms with Gasteiger partial charge in [0.05, 0.1) is 48.8 Å². The molecule has 0 fully saturated rings. The number of allylic oxidation sites excluding steroid dienone is 3. The molecule has 0 amide bonds. The fraction of sp³-hybridized carbons (Fsp3) is 0.240. The number of nitriles is 1. The van der Waals surface area contributed by atoms with E-state index in [4.69, 9.17) is 9.47 Å². The van der Waals surface area contributed by atoms with Crippen LogP contribution in [0.1, 0.15) is 41.4 Å². The minimum atomic E-state index is -0.520. The number of carbonyl (C=O) groups is 1. The van der Waals surface area contributed by atoms with Gasteiger partial charge in [0.2, 0.25) is 5.95 Å². The Bertz CT molecular complexity index is 1330. The van der Waals surface area contributed by atoms with Crippen LogP contribution in [0.25, 0.3) is 17.0 Å². The first-order chi connectivity index (χ1) is 16.5. The van der Waals surface area contributed by atoms with Crippen molar-refractivity contribution in [2.45, 2.75) is 26.7 Å². The molecular weight excluding hydrogens is 432 g/mol. The van der Waals surface area contributed by atoms with Gasteiger partial charge in [0.15, 0.2) is 0 Å². The highest BCUT2D eigenvalue weighted by atomic mass is 16.5. The highest BCUT2D eigenvalue weighted by molar-refractivity contribution is 5.96. The number of nitrogens with one attached hydrogen (secondary N) is 1. The first-order valence-electron chi connectivity index (χ1n) is 10.8. The number of rotatable bonds is 7. The first-order valence-corrected chi connectivity index (χ1v) is 10.8. The number of carbonyl (C=O) groups excluding carboxylic acids is 1. The first kappa shape index (κ1) is 22.7. The van der Waals surface area contributed by atoms with Crippen LogP contribution in [-0.2, 0) is 9.47 Å². The Kier molecular flexibility index (Phi) is 6.69. The fourth-order valence-corrected chi connectivity index (χ4v) is 3.69. The van der Waals surface area contributed by atoms with E-state index in [1.165, 1.54) is 6.20 Å². The van der Waals surface area contributed by atoms with E-state index in [1.807, 2.05) is 23.8 Å². The number of methoxy groups -OCH3 is 1. The van der Waals surface area contributed by atoms with Crippen LogP contribution in [0.15, 0.2) is 60.5 Å². The summed E-state index contributed by atoms with van der Waals surface area (Å²) in [6.07, 6.45) is 8.52. The van der Waals surface area contributed by atoms with Crippen LogP contribution >= 0.6 is 0 Å². The van der Waals surface area contributed by atoms with E-state index >= 15 is 0 Å². The maximum absolute atomic E-state index is 12.5. The maximum atomic E-state index is 12.5. The molecule has 9 heteroatoms. The smallest absolute Gasteiger partial charge is 0.341 e. The molecule has 1 aliphatic rings. The van der Waals surface area contributed by atoms with Crippen LogP contribution < -0.4 is 5.32 Å². The lowest BCUT2D eigenvalue weighted by Crippen LogP contribution is -2.13. The molecule has 1 aliphatic carbocycles. The molecule has 3 aromatic rings. The van der Waals surface area contributed by atoms with Gasteiger partial charge in [-0.1, -0.05) is 12.1 Å². The molecular formula is C25H24N6O3. The largest absolute Gasteiger partial charge is 0.495 e. The number of aromatic nitrogens is 4. The second-order valence-corrected chi connectivity index (χ2v) is 7.60. The number of esters is 1. The molecule has 9 nitrogen and oxygen atoms in total. The Morgan fingerprint density at radius 3 is 2.85 bits per heavy atom. The van der Waals surface area contributed by atoms with Crippen LogP contribution in [0.4, 0.5) is 5.95 Å². The average molecular weight is 457 g/mol. The Labute approximate surface area is 197 Å². The molecule has 0 unspecified atom stereocenters. The van der Waals surface area contributed by atoms with Gasteiger partial charge >= 0.3 is 5.97 Å². The van der Waals surface area contributed by atoms with Gasteiger partial charge in [-0.3, -0.25) is 0 Å². The lowest BCUT2D eigenvalue weighted by atomic mass is 10.0. The van der Waals surface area contributed by atoms with Gasteiger partial charge in [-0.05, 0) is 38.8 Å². The Morgan fingerprint density at radius 1 is 1.29 bits per heavy atom. The topological polar surface area (TPSA) is 115 Å². The van der Waals surface area contributed by atoms with Crippen molar-refractivity contribution in [1.29, 1.82) is 5.26 Å². The van der Waals surface area contributed by atoms with E-state index in [-0.39, 0.29) is 12.2 Å². The van der Waals surface area contributed by atoms with Crippen LogP contribution in [0.3, 0.4) is 0 Å². The third kappa shape index (κ3) is 4.81. The van der Waals surface area contributed by atoms with Crippen LogP contribution in [0.5, 0.6) is 0 Å². The predicted octanol–water partition coefficient (Wildman–Crippen LogP) is 4.30. The third-order valence-electron chi connectivity index (χ3n) is 5.29. The van der Waals surface area contributed by atoms with Gasteiger partial charge in [0.1, 0.15) is 11.3 Å². The number of benzene rings is 1. The van der Waals surface area contributed by atoms with Gasteiger partial charge in [0.25, 0.3) is 0 Å². The van der Waals surface area contributed by atoms with Crippen molar-refractivity contribution in [3.63, 3.8) is 0 Å². The van der Waals surface area contributed by atoms with Gasteiger partial charge in [-0.25, -0.2) is 19.7 Å². The van der Waals surface area contributed by atoms with Gasteiger partial charge in [-0.15, -0.1) is 0 Å². The fourth-order valence-electron chi connectivity index (χ4n) is 3.69. The zero-order valence-electron chi connectivity index (χ0n) is 19.2. The Balaban J connectivity index is 1.69. The van der Waals surface area contributed by atoms with Crippen molar-refractivity contribution in [2.24, 2.45) is 0 Å². The third-order valence-corrected chi connectivity index (χ3v) is 5.29. The molecule has 172 valence electrons. The Hall–Kier alpha value is -4.45. The van der Waals surface area contributed by atoms with Crippen molar-refractivity contribution >= 4 is 17.6 Å². The lowest BCUT2D eigenvalue weighted by molar-refractivity contribution is 0.0526. The van der Waals surface area contributed by atoms with E-state index in [9.17, 15) is 10.1 Å². The highest BCUT2D eigenvalue weighted by Crippen LogP contribution is 2.29. The molecule has 0 atom stereocenters. The van der Waals surface area contributed by atoms with E-state index in [1.54, 1.807) is 44.6 Å². The Morgan fingerprint density at radius 2 is 2.15 bits per heavy atom. The standard InChI is InChI=1S/C25H24N6O3/c1-4-34-24(32)20-13-27-25(30-23(20)18-7-5-6-17(10-18)12-26)29-19-8-9-21(22(11-19)33-3)31-14-16(2)28-15-31/h5-7,10-11,13-15H,4,8-9H2,1-3H3,(H,27,29,30). The number of anilines is 1. The second kappa shape index (κ2) is 10.0. The normalized spacial score (nSPS) is 13.2. The molecule has 0 saturated carbocycles. The van der Waals surface area contributed by atoms with E-state index in [0.29, 0.717) is 29.2 Å². The molecule has 0 aliphatic heterocycles. The number of hydrogen-bond acceptors (Lipinski definition) is 8. The molecule has 2 heterocycles. The number of aryl methyl sites for hydroxylation is 1. The van der Waals surface area contributed by atoms with Crippen molar-refractivity contribution in [1.82, 2.24) is 19.5 Å². The SMILES string of the molecule is CCOC(=O)c1cnc(NC2=CC(OC)=C(n3cnc(C)c3)CC2)nc1-c1cccc(C#N)c1. The quantitative estimate of drug-likeness (QED) is 0.523. The number of hydrogen-bond donors (Lipinski definition) is 1. The predicted molar refractivity (Wildman–Crippen MR) is 126 cm³/mol. The summed E-state index contributed by atoms with van der Waals surface area (Å²) in [5.74, 6) is 0.526. The van der Waals surface area contributed by atoms with E-state index in [2.05, 4.69) is 26.3 Å². The molecule has 1 aromatic carbocycles. The molecule has 0 saturated heterocycles. The molecule has 34 heavy (non-hydrogen) atoms. The number of nitrogens with zero attached hydrogens (tertiary/aromatic N) is 5. The summed E-state index contributed by atoms with van der Waals surface area (Å²) in [7, 11) is 1.63. The molecule has 2 aromatic heterocycles. The van der Waals surface area contributed by atoms with Crippen molar-refractivity contribution in [3.8, 4) is 17.3 Å². The molecule has 0 bridgehead atoms. The monoisotopic (exact) mass is 456 g/mol. The molecule has 4 rings (SSSR count). The maximum Gasteiger partial charge on any atom is 0.341 e. The lowest BCUT2D eigenvalue weighted by Gasteiger charge is -2.20. The van der Waals surface area contributed by atoms with Crippen molar-refractivity contribution < 1.29 is 14.3 Å². The molecule has 1 N–H and O–H groups in total. The van der Waals surface area contributed by atoms with Gasteiger partial charge < -0.3 is 19.4 Å². The summed E-state index contributed by atoms with van der Waals surface area (Å²) in [5.41, 5.74) is 4.53. The van der Waals surface area contributed by atoms with E-state index < -0.39 is 5.97 Å². The average Bonchev–Trinajstić information content (AvgIpc) is 3.30. The summed E-state index contributed by atoms with van der Waals surface area (Å²) in [6.45, 7) is 3.91. The van der Waals surface area contributed by atoms with Crippen LogP contribution in [-0.4, -0.2) is 39.2 Å². The highest BCUT2D eigenvalue weighted by Gasteiger charge is 2.20. The zero-order chi connectivity index (χ0) is 24.1. The van der Waals surface area contributed by atoms with Crippen LogP contribution in [0, 0.1) is 18.3 Å². The van der Waals surface area contributed by atoms with Crippen molar-refractivity contribution in [2.75, 3.05) is 19.0 Å². The van der Waals surface area contributed by atoms with Crippen LogP contribution in [0.2, 0.25) is 0 Å². The minimum Gasteiger partial charge on any atom is -0.495 e. The number of imidazole rings is 1. The summed E-state index contributed by atoms with van der Waals surface area (Å²) < 4.78 is 12.8. The summed E-state index contributed by atoms with van der Waals surface area (Å²) >= 11 is 0. The minimum absolute atomic E-state index is 0.230.